The van der Waals surface area contributed by atoms with Crippen LogP contribution in [0.3, 0.4) is 0 Å². The summed E-state index contributed by atoms with van der Waals surface area (Å²) < 4.78 is 2.30. The number of rotatable bonds is 2. The molecule has 0 saturated carbocycles. The Kier molecular flexibility index (Phi) is 2.51. The molecule has 0 amide bonds. The van der Waals surface area contributed by atoms with E-state index < -0.39 is 0 Å². The highest BCUT2D eigenvalue weighted by Crippen LogP contribution is 1.92. The van der Waals surface area contributed by atoms with Crippen LogP contribution in [0.4, 0.5) is 0 Å². The van der Waals surface area contributed by atoms with Gasteiger partial charge >= 0.3 is 0 Å². The Morgan fingerprint density at radius 1 is 1.40 bits per heavy atom. The lowest BCUT2D eigenvalue weighted by Gasteiger charge is -1.99. The predicted molar refractivity (Wildman–Crippen MR) is 47.8 cm³/mol. The maximum absolute atomic E-state index is 2.30. The first kappa shape index (κ1) is 7.35. The SMILES string of the molecule is CC=C(C)[SiH2]n1cccc1. The molecule has 0 spiro atoms. The molecule has 0 N–H and O–H groups in total. The van der Waals surface area contributed by atoms with Gasteiger partial charge in [0.2, 0.25) is 0 Å². The monoisotopic (exact) mass is 151 g/mol. The third-order valence-corrected chi connectivity index (χ3v) is 3.28. The van der Waals surface area contributed by atoms with Gasteiger partial charge in [0.25, 0.3) is 0 Å². The number of nitrogens with zero attached hydrogens (tertiary/aromatic N) is 1. The second-order valence-electron chi connectivity index (χ2n) is 2.49. The average molecular weight is 151 g/mol. The first-order valence-electron chi connectivity index (χ1n) is 3.55. The van der Waals surface area contributed by atoms with Gasteiger partial charge in [-0.25, -0.2) is 0 Å². The summed E-state index contributed by atoms with van der Waals surface area (Å²) in [5, 5.41) is 1.54. The van der Waals surface area contributed by atoms with Crippen molar-refractivity contribution in [1.82, 2.24) is 4.23 Å². The van der Waals surface area contributed by atoms with Crippen LogP contribution < -0.4 is 0 Å². The molecule has 1 nitrogen and oxygen atoms in total. The highest BCUT2D eigenvalue weighted by atomic mass is 28.2. The molecule has 0 aromatic carbocycles. The van der Waals surface area contributed by atoms with Crippen molar-refractivity contribution < 1.29 is 0 Å². The molecular weight excluding hydrogens is 138 g/mol. The molecule has 0 aliphatic carbocycles. The molecule has 0 fully saturated rings. The van der Waals surface area contributed by atoms with Crippen LogP contribution >= 0.6 is 0 Å². The number of hydrogen-bond acceptors (Lipinski definition) is 0. The molecule has 0 aliphatic rings. The molecule has 2 heteroatoms. The highest BCUT2D eigenvalue weighted by molar-refractivity contribution is 6.43. The molecule has 54 valence electrons. The normalized spacial score (nSPS) is 13.2. The second-order valence-corrected chi connectivity index (χ2v) is 4.65. The summed E-state index contributed by atoms with van der Waals surface area (Å²) in [7, 11) is -0.167. The summed E-state index contributed by atoms with van der Waals surface area (Å²) in [5.74, 6) is 0. The molecule has 1 aromatic heterocycles. The van der Waals surface area contributed by atoms with Crippen molar-refractivity contribution in [1.29, 1.82) is 0 Å². The zero-order valence-electron chi connectivity index (χ0n) is 6.54. The summed E-state index contributed by atoms with van der Waals surface area (Å²) >= 11 is 0. The van der Waals surface area contributed by atoms with E-state index in [0.717, 1.165) is 0 Å². The minimum Gasteiger partial charge on any atom is -0.382 e. The molecule has 1 heterocycles. The first-order chi connectivity index (χ1) is 4.83. The molecule has 0 atom stereocenters. The molecular formula is C8H13NSi. The van der Waals surface area contributed by atoms with Crippen molar-refractivity contribution in [2.45, 2.75) is 13.8 Å². The van der Waals surface area contributed by atoms with Gasteiger partial charge in [0.05, 0.1) is 0 Å². The van der Waals surface area contributed by atoms with Crippen molar-refractivity contribution in [2.75, 3.05) is 0 Å². The van der Waals surface area contributed by atoms with Crippen LogP contribution in [0.25, 0.3) is 0 Å². The lowest BCUT2D eigenvalue weighted by Crippen LogP contribution is -2.04. The Morgan fingerprint density at radius 2 is 2.00 bits per heavy atom. The van der Waals surface area contributed by atoms with Gasteiger partial charge in [0.1, 0.15) is 0 Å². The van der Waals surface area contributed by atoms with Crippen molar-refractivity contribution >= 4 is 9.68 Å². The fourth-order valence-electron chi connectivity index (χ4n) is 0.855. The molecule has 0 bridgehead atoms. The van der Waals surface area contributed by atoms with Crippen LogP contribution in [0.2, 0.25) is 0 Å². The minimum atomic E-state index is -0.167. The Bertz CT molecular complexity index is 211. The van der Waals surface area contributed by atoms with Gasteiger partial charge in [0.15, 0.2) is 9.68 Å². The summed E-state index contributed by atoms with van der Waals surface area (Å²) in [5.41, 5.74) is 0. The highest BCUT2D eigenvalue weighted by Gasteiger charge is 1.89. The quantitative estimate of drug-likeness (QED) is 0.562. The van der Waals surface area contributed by atoms with Gasteiger partial charge < -0.3 is 4.23 Å². The van der Waals surface area contributed by atoms with E-state index in [2.05, 4.69) is 48.7 Å². The van der Waals surface area contributed by atoms with Gasteiger partial charge in [-0.3, -0.25) is 0 Å². The van der Waals surface area contributed by atoms with E-state index in [0.29, 0.717) is 0 Å². The van der Waals surface area contributed by atoms with E-state index in [9.17, 15) is 0 Å². The molecule has 1 aromatic rings. The van der Waals surface area contributed by atoms with E-state index in [4.69, 9.17) is 0 Å². The van der Waals surface area contributed by atoms with Gasteiger partial charge in [-0.15, -0.1) is 0 Å². The van der Waals surface area contributed by atoms with Crippen molar-refractivity contribution in [3.8, 4) is 0 Å². The van der Waals surface area contributed by atoms with Crippen LogP contribution in [0.15, 0.2) is 35.8 Å². The zero-order valence-corrected chi connectivity index (χ0v) is 7.96. The van der Waals surface area contributed by atoms with Crippen LogP contribution in [0.1, 0.15) is 13.8 Å². The van der Waals surface area contributed by atoms with Gasteiger partial charge in [0, 0.05) is 0 Å². The fraction of sp³-hybridized carbons (Fsp3) is 0.250. The Hall–Kier alpha value is -0.763. The van der Waals surface area contributed by atoms with Crippen molar-refractivity contribution in [2.24, 2.45) is 0 Å². The minimum absolute atomic E-state index is 0.167. The van der Waals surface area contributed by atoms with Gasteiger partial charge in [-0.1, -0.05) is 11.3 Å². The third kappa shape index (κ3) is 1.88. The van der Waals surface area contributed by atoms with E-state index >= 15 is 0 Å². The molecule has 0 aliphatic heterocycles. The fourth-order valence-corrected chi connectivity index (χ4v) is 2.07. The van der Waals surface area contributed by atoms with E-state index in [-0.39, 0.29) is 9.68 Å². The lowest BCUT2D eigenvalue weighted by molar-refractivity contribution is 1.23. The van der Waals surface area contributed by atoms with Crippen molar-refractivity contribution in [3.63, 3.8) is 0 Å². The van der Waals surface area contributed by atoms with Crippen molar-refractivity contribution in [3.05, 3.63) is 35.8 Å². The van der Waals surface area contributed by atoms with Crippen LogP contribution in [-0.4, -0.2) is 13.9 Å². The smallest absolute Gasteiger partial charge is 0.155 e. The van der Waals surface area contributed by atoms with Crippen LogP contribution in [0, 0.1) is 0 Å². The number of hydrogen-bond donors (Lipinski definition) is 0. The van der Waals surface area contributed by atoms with Gasteiger partial charge in [-0.2, -0.15) is 0 Å². The Labute approximate surface area is 64.3 Å². The van der Waals surface area contributed by atoms with E-state index in [1.165, 1.54) is 5.20 Å². The summed E-state index contributed by atoms with van der Waals surface area (Å²) in [6.07, 6.45) is 6.48. The van der Waals surface area contributed by atoms with Crippen LogP contribution in [0.5, 0.6) is 0 Å². The topological polar surface area (TPSA) is 4.93 Å². The second kappa shape index (κ2) is 3.42. The number of allylic oxidation sites excluding steroid dienone is 2. The number of aromatic nitrogens is 1. The Morgan fingerprint density at radius 3 is 2.50 bits per heavy atom. The van der Waals surface area contributed by atoms with Crippen LogP contribution in [-0.2, 0) is 0 Å². The predicted octanol–water partition coefficient (Wildman–Crippen LogP) is 1.34. The first-order valence-corrected chi connectivity index (χ1v) is 4.89. The maximum atomic E-state index is 2.30. The molecule has 0 radical (unpaired) electrons. The molecule has 1 rings (SSSR count). The van der Waals surface area contributed by atoms with Gasteiger partial charge in [-0.05, 0) is 38.4 Å². The van der Waals surface area contributed by atoms with E-state index in [1.807, 2.05) is 0 Å². The molecule has 10 heavy (non-hydrogen) atoms. The third-order valence-electron chi connectivity index (χ3n) is 1.59. The largest absolute Gasteiger partial charge is 0.382 e. The standard InChI is InChI=1S/C8H13NSi/c1-3-8(2)10-9-6-4-5-7-9/h3-7H,10H2,1-2H3. The lowest BCUT2D eigenvalue weighted by atomic mass is 10.6. The van der Waals surface area contributed by atoms with E-state index in [1.54, 1.807) is 0 Å². The summed E-state index contributed by atoms with van der Waals surface area (Å²) in [4.78, 5) is 0. The zero-order chi connectivity index (χ0) is 7.40. The summed E-state index contributed by atoms with van der Waals surface area (Å²) in [6, 6.07) is 4.16. The average Bonchev–Trinajstić information content (AvgIpc) is 2.40. The summed E-state index contributed by atoms with van der Waals surface area (Å²) in [6.45, 7) is 4.30. The Balaban J connectivity index is 2.56. The maximum Gasteiger partial charge on any atom is 0.155 e. The molecule has 0 saturated heterocycles. The molecule has 0 unspecified atom stereocenters.